The van der Waals surface area contributed by atoms with Crippen LogP contribution in [0.25, 0.3) is 6.08 Å². The second-order valence-electron chi connectivity index (χ2n) is 4.69. The van der Waals surface area contributed by atoms with Crippen molar-refractivity contribution in [1.82, 2.24) is 4.90 Å². The van der Waals surface area contributed by atoms with Crippen molar-refractivity contribution in [2.75, 3.05) is 6.54 Å². The lowest BCUT2D eigenvalue weighted by molar-refractivity contribution is -0.138. The minimum Gasteiger partial charge on any atom is -0.481 e. The molecule has 0 saturated heterocycles. The summed E-state index contributed by atoms with van der Waals surface area (Å²) in [7, 11) is 0. The van der Waals surface area contributed by atoms with Gasteiger partial charge in [-0.05, 0) is 38.0 Å². The van der Waals surface area contributed by atoms with Gasteiger partial charge in [-0.2, -0.15) is 0 Å². The van der Waals surface area contributed by atoms with E-state index in [1.807, 2.05) is 19.1 Å². The molecule has 19 heavy (non-hydrogen) atoms. The molecule has 0 aliphatic heterocycles. The quantitative estimate of drug-likeness (QED) is 0.814. The van der Waals surface area contributed by atoms with Gasteiger partial charge in [-0.25, -0.2) is 0 Å². The summed E-state index contributed by atoms with van der Waals surface area (Å²) in [4.78, 5) is 26.6. The van der Waals surface area contributed by atoms with Gasteiger partial charge in [-0.3, -0.25) is 9.59 Å². The molecule has 1 saturated carbocycles. The normalized spacial score (nSPS) is 14.8. The summed E-state index contributed by atoms with van der Waals surface area (Å²) < 4.78 is 0. The van der Waals surface area contributed by atoms with E-state index in [-0.39, 0.29) is 18.4 Å². The van der Waals surface area contributed by atoms with E-state index in [9.17, 15) is 9.59 Å². The van der Waals surface area contributed by atoms with Crippen molar-refractivity contribution in [1.29, 1.82) is 0 Å². The van der Waals surface area contributed by atoms with E-state index in [4.69, 9.17) is 5.11 Å². The lowest BCUT2D eigenvalue weighted by Gasteiger charge is -2.19. The Kier molecular flexibility index (Phi) is 4.37. The van der Waals surface area contributed by atoms with Crippen LogP contribution in [0.3, 0.4) is 0 Å². The van der Waals surface area contributed by atoms with Gasteiger partial charge in [0.1, 0.15) is 0 Å². The standard InChI is InChI=1S/C14H17NO3S/c1-10-2-5-12(19-10)6-7-13(16)15(11-3-4-11)9-8-14(17)18/h2,5-7,11H,3-4,8-9H2,1H3,(H,17,18)/b7-6+. The third-order valence-corrected chi connectivity index (χ3v) is 3.95. The third-order valence-electron chi connectivity index (χ3n) is 2.99. The van der Waals surface area contributed by atoms with E-state index >= 15 is 0 Å². The number of hydrogen-bond acceptors (Lipinski definition) is 3. The monoisotopic (exact) mass is 279 g/mol. The molecule has 1 aromatic rings. The number of thiophene rings is 1. The maximum absolute atomic E-state index is 12.1. The number of carbonyl (C=O) groups excluding carboxylic acids is 1. The fraction of sp³-hybridized carbons (Fsp3) is 0.429. The lowest BCUT2D eigenvalue weighted by atomic mass is 10.3. The first kappa shape index (κ1) is 13.8. The first-order valence-corrected chi connectivity index (χ1v) is 7.15. The molecule has 0 aromatic carbocycles. The average Bonchev–Trinajstić information content (AvgIpc) is 3.09. The maximum atomic E-state index is 12.1. The van der Waals surface area contributed by atoms with E-state index in [0.717, 1.165) is 17.7 Å². The van der Waals surface area contributed by atoms with Gasteiger partial charge in [-0.1, -0.05) is 0 Å². The number of hydrogen-bond donors (Lipinski definition) is 1. The van der Waals surface area contributed by atoms with Crippen molar-refractivity contribution in [3.05, 3.63) is 28.0 Å². The minimum atomic E-state index is -0.865. The van der Waals surface area contributed by atoms with Crippen LogP contribution in [0.5, 0.6) is 0 Å². The van der Waals surface area contributed by atoms with Crippen LogP contribution in [0, 0.1) is 6.92 Å². The van der Waals surface area contributed by atoms with Crippen LogP contribution in [-0.4, -0.2) is 34.5 Å². The second kappa shape index (κ2) is 6.02. The van der Waals surface area contributed by atoms with Crippen LogP contribution in [0.2, 0.25) is 0 Å². The van der Waals surface area contributed by atoms with E-state index < -0.39 is 5.97 Å². The zero-order valence-electron chi connectivity index (χ0n) is 10.8. The summed E-state index contributed by atoms with van der Waals surface area (Å²) in [5.74, 6) is -0.953. The molecule has 1 aromatic heterocycles. The van der Waals surface area contributed by atoms with E-state index in [1.165, 1.54) is 4.88 Å². The first-order valence-electron chi connectivity index (χ1n) is 6.33. The Balaban J connectivity index is 1.95. The molecule has 0 bridgehead atoms. The number of nitrogens with zero attached hydrogens (tertiary/aromatic N) is 1. The number of amides is 1. The summed E-state index contributed by atoms with van der Waals surface area (Å²) in [6.07, 6.45) is 5.32. The van der Waals surface area contributed by atoms with Crippen LogP contribution in [0.1, 0.15) is 29.0 Å². The maximum Gasteiger partial charge on any atom is 0.305 e. The molecule has 0 radical (unpaired) electrons. The fourth-order valence-corrected chi connectivity index (χ4v) is 2.65. The molecule has 0 atom stereocenters. The van der Waals surface area contributed by atoms with Gasteiger partial charge in [0.15, 0.2) is 0 Å². The summed E-state index contributed by atoms with van der Waals surface area (Å²) in [5.41, 5.74) is 0. The molecule has 1 fully saturated rings. The van der Waals surface area contributed by atoms with Gasteiger partial charge in [0.2, 0.25) is 5.91 Å². The van der Waals surface area contributed by atoms with Crippen molar-refractivity contribution >= 4 is 29.3 Å². The summed E-state index contributed by atoms with van der Waals surface area (Å²) in [6, 6.07) is 4.22. The van der Waals surface area contributed by atoms with Gasteiger partial charge < -0.3 is 10.0 Å². The van der Waals surface area contributed by atoms with Gasteiger partial charge in [0.05, 0.1) is 6.42 Å². The number of aliphatic carboxylic acids is 1. The highest BCUT2D eigenvalue weighted by molar-refractivity contribution is 7.12. The molecule has 1 aliphatic rings. The first-order chi connectivity index (χ1) is 9.06. The molecule has 1 aliphatic carbocycles. The number of rotatable bonds is 6. The van der Waals surface area contributed by atoms with Crippen molar-refractivity contribution in [3.8, 4) is 0 Å². The van der Waals surface area contributed by atoms with Crippen molar-refractivity contribution in [3.63, 3.8) is 0 Å². The van der Waals surface area contributed by atoms with Crippen LogP contribution >= 0.6 is 11.3 Å². The molecule has 4 nitrogen and oxygen atoms in total. The van der Waals surface area contributed by atoms with Gasteiger partial charge >= 0.3 is 5.97 Å². The summed E-state index contributed by atoms with van der Waals surface area (Å²) >= 11 is 1.63. The van der Waals surface area contributed by atoms with Crippen molar-refractivity contribution < 1.29 is 14.7 Å². The van der Waals surface area contributed by atoms with E-state index in [0.29, 0.717) is 6.54 Å². The van der Waals surface area contributed by atoms with E-state index in [1.54, 1.807) is 28.4 Å². The Bertz CT molecular complexity index is 503. The van der Waals surface area contributed by atoms with Crippen LogP contribution < -0.4 is 0 Å². The lowest BCUT2D eigenvalue weighted by Crippen LogP contribution is -2.33. The van der Waals surface area contributed by atoms with Gasteiger partial charge in [0, 0.05) is 28.4 Å². The number of aryl methyl sites for hydroxylation is 1. The predicted octanol–water partition coefficient (Wildman–Crippen LogP) is 2.54. The summed E-state index contributed by atoms with van der Waals surface area (Å²) in [6.45, 7) is 2.32. The zero-order valence-corrected chi connectivity index (χ0v) is 11.7. The van der Waals surface area contributed by atoms with Crippen molar-refractivity contribution in [2.24, 2.45) is 0 Å². The number of carboxylic acid groups (broad SMARTS) is 1. The van der Waals surface area contributed by atoms with Crippen LogP contribution in [0.4, 0.5) is 0 Å². The largest absolute Gasteiger partial charge is 0.481 e. The number of carbonyl (C=O) groups is 2. The Morgan fingerprint density at radius 3 is 2.74 bits per heavy atom. The Hall–Kier alpha value is -1.62. The smallest absolute Gasteiger partial charge is 0.305 e. The Labute approximate surface area is 116 Å². The molecule has 1 N–H and O–H groups in total. The Morgan fingerprint density at radius 1 is 1.47 bits per heavy atom. The molecular weight excluding hydrogens is 262 g/mol. The van der Waals surface area contributed by atoms with Crippen molar-refractivity contribution in [2.45, 2.75) is 32.2 Å². The SMILES string of the molecule is Cc1ccc(/C=C/C(=O)N(CCC(=O)O)C2CC2)s1. The highest BCUT2D eigenvalue weighted by Crippen LogP contribution is 2.27. The summed E-state index contributed by atoms with van der Waals surface area (Å²) in [5, 5.41) is 8.70. The highest BCUT2D eigenvalue weighted by Gasteiger charge is 2.31. The van der Waals surface area contributed by atoms with Crippen LogP contribution in [-0.2, 0) is 9.59 Å². The van der Waals surface area contributed by atoms with Crippen LogP contribution in [0.15, 0.2) is 18.2 Å². The fourth-order valence-electron chi connectivity index (χ4n) is 1.87. The van der Waals surface area contributed by atoms with Gasteiger partial charge in [-0.15, -0.1) is 11.3 Å². The van der Waals surface area contributed by atoms with E-state index in [2.05, 4.69) is 0 Å². The molecule has 0 unspecified atom stereocenters. The number of carboxylic acids is 1. The average molecular weight is 279 g/mol. The third kappa shape index (κ3) is 4.21. The predicted molar refractivity (Wildman–Crippen MR) is 75.1 cm³/mol. The molecular formula is C14H17NO3S. The Morgan fingerprint density at radius 2 is 2.21 bits per heavy atom. The second-order valence-corrected chi connectivity index (χ2v) is 6.01. The molecule has 102 valence electrons. The topological polar surface area (TPSA) is 57.6 Å². The molecule has 0 spiro atoms. The van der Waals surface area contributed by atoms with Gasteiger partial charge in [0.25, 0.3) is 0 Å². The molecule has 1 heterocycles. The molecule has 2 rings (SSSR count). The zero-order chi connectivity index (χ0) is 13.8. The molecule has 1 amide bonds. The molecule has 5 heteroatoms. The highest BCUT2D eigenvalue weighted by atomic mass is 32.1. The minimum absolute atomic E-state index is 0.00813.